The Morgan fingerprint density at radius 2 is 1.94 bits per heavy atom. The quantitative estimate of drug-likeness (QED) is 0.812. The minimum Gasteiger partial charge on any atom is -0.379 e. The van der Waals surface area contributed by atoms with Crippen molar-refractivity contribution in [2.75, 3.05) is 5.32 Å². The number of hydrogen-bond donors (Lipinski definition) is 1. The Bertz CT molecular complexity index is 413. The monoisotopic (exact) mass is 317 g/mol. The van der Waals surface area contributed by atoms with Crippen LogP contribution in [0, 0.1) is 23.5 Å². The molecular weight excluding hydrogens is 300 g/mol. The largest absolute Gasteiger partial charge is 0.379 e. The number of nitrogens with one attached hydrogen (secondary N) is 1. The fourth-order valence-corrected chi connectivity index (χ4v) is 3.17. The molecule has 1 aliphatic rings. The molecule has 3 unspecified atom stereocenters. The molecule has 2 rings (SSSR count). The molecule has 0 heterocycles. The zero-order valence-corrected chi connectivity index (χ0v) is 12.2. The van der Waals surface area contributed by atoms with Gasteiger partial charge in [0.1, 0.15) is 11.6 Å². The third kappa shape index (κ3) is 2.85. The lowest BCUT2D eigenvalue weighted by molar-refractivity contribution is 0.252. The summed E-state index contributed by atoms with van der Waals surface area (Å²) in [6, 6.07) is 2.47. The van der Waals surface area contributed by atoms with E-state index in [1.807, 2.05) is 0 Å². The van der Waals surface area contributed by atoms with Crippen molar-refractivity contribution in [3.8, 4) is 0 Å². The third-order valence-corrected chi connectivity index (χ3v) is 4.67. The van der Waals surface area contributed by atoms with Gasteiger partial charge in [0.05, 0.1) is 5.69 Å². The molecule has 1 fully saturated rings. The third-order valence-electron chi connectivity index (χ3n) is 4.04. The van der Waals surface area contributed by atoms with Crippen molar-refractivity contribution in [2.45, 2.75) is 39.2 Å². The second kappa shape index (κ2) is 5.55. The van der Waals surface area contributed by atoms with Gasteiger partial charge in [-0.15, -0.1) is 0 Å². The van der Waals surface area contributed by atoms with E-state index in [0.717, 1.165) is 18.9 Å². The van der Waals surface area contributed by atoms with Crippen molar-refractivity contribution < 1.29 is 8.78 Å². The van der Waals surface area contributed by atoms with Gasteiger partial charge in [-0.25, -0.2) is 8.78 Å². The predicted molar refractivity (Wildman–Crippen MR) is 73.6 cm³/mol. The Hall–Kier alpha value is -0.640. The second-order valence-electron chi connectivity index (χ2n) is 5.26. The van der Waals surface area contributed by atoms with Gasteiger partial charge in [0.2, 0.25) is 0 Å². The summed E-state index contributed by atoms with van der Waals surface area (Å²) in [7, 11) is 0. The number of hydrogen-bond acceptors (Lipinski definition) is 1. The molecule has 0 amide bonds. The van der Waals surface area contributed by atoms with Crippen molar-refractivity contribution in [1.82, 2.24) is 0 Å². The van der Waals surface area contributed by atoms with E-state index >= 15 is 0 Å². The number of halogens is 3. The van der Waals surface area contributed by atoms with E-state index < -0.39 is 11.6 Å². The Morgan fingerprint density at radius 1 is 1.22 bits per heavy atom. The number of anilines is 1. The van der Waals surface area contributed by atoms with Gasteiger partial charge in [-0.1, -0.05) is 26.7 Å². The van der Waals surface area contributed by atoms with Crippen LogP contribution in [-0.2, 0) is 0 Å². The molecule has 18 heavy (non-hydrogen) atoms. The predicted octanol–water partition coefficient (Wildman–Crippen LogP) is 4.96. The molecule has 4 heteroatoms. The van der Waals surface area contributed by atoms with E-state index in [0.29, 0.717) is 22.0 Å². The molecule has 100 valence electrons. The lowest BCUT2D eigenvalue weighted by Gasteiger charge is -2.35. The van der Waals surface area contributed by atoms with Crippen molar-refractivity contribution in [3.05, 3.63) is 28.2 Å². The van der Waals surface area contributed by atoms with Crippen LogP contribution in [0.15, 0.2) is 16.6 Å². The van der Waals surface area contributed by atoms with Gasteiger partial charge in [-0.05, 0) is 40.3 Å². The van der Waals surface area contributed by atoms with Crippen LogP contribution in [0.2, 0.25) is 0 Å². The maximum Gasteiger partial charge on any atom is 0.150 e. The zero-order valence-electron chi connectivity index (χ0n) is 10.6. The van der Waals surface area contributed by atoms with Crippen LogP contribution < -0.4 is 5.32 Å². The SMILES string of the molecule is CC1CCCC(Nc2c(F)cc(F)cc2Br)C1C. The molecule has 1 saturated carbocycles. The second-order valence-corrected chi connectivity index (χ2v) is 6.12. The van der Waals surface area contributed by atoms with Gasteiger partial charge >= 0.3 is 0 Å². The van der Waals surface area contributed by atoms with Gasteiger partial charge in [0, 0.05) is 16.6 Å². The zero-order chi connectivity index (χ0) is 13.3. The van der Waals surface area contributed by atoms with Crippen LogP contribution in [0.4, 0.5) is 14.5 Å². The van der Waals surface area contributed by atoms with Crippen LogP contribution in [0.1, 0.15) is 33.1 Å². The molecule has 1 nitrogen and oxygen atoms in total. The molecular formula is C14H18BrF2N. The maximum atomic E-state index is 13.8. The van der Waals surface area contributed by atoms with Gasteiger partial charge in [0.25, 0.3) is 0 Å². The van der Waals surface area contributed by atoms with Gasteiger partial charge in [0.15, 0.2) is 0 Å². The highest BCUT2D eigenvalue weighted by Gasteiger charge is 2.28. The van der Waals surface area contributed by atoms with E-state index in [2.05, 4.69) is 35.1 Å². The summed E-state index contributed by atoms with van der Waals surface area (Å²) in [4.78, 5) is 0. The summed E-state index contributed by atoms with van der Waals surface area (Å²) >= 11 is 3.22. The summed E-state index contributed by atoms with van der Waals surface area (Å²) in [5.74, 6) is 0.0379. The maximum absolute atomic E-state index is 13.8. The fraction of sp³-hybridized carbons (Fsp3) is 0.571. The minimum atomic E-state index is -0.560. The van der Waals surface area contributed by atoms with Crippen molar-refractivity contribution >= 4 is 21.6 Å². The van der Waals surface area contributed by atoms with Crippen molar-refractivity contribution in [1.29, 1.82) is 0 Å². The van der Waals surface area contributed by atoms with E-state index in [4.69, 9.17) is 0 Å². The van der Waals surface area contributed by atoms with Gasteiger partial charge in [-0.2, -0.15) is 0 Å². The average molecular weight is 318 g/mol. The molecule has 0 saturated heterocycles. The molecule has 0 aromatic heterocycles. The fourth-order valence-electron chi connectivity index (χ4n) is 2.65. The number of benzene rings is 1. The lowest BCUT2D eigenvalue weighted by Crippen LogP contribution is -2.35. The van der Waals surface area contributed by atoms with Gasteiger partial charge < -0.3 is 5.32 Å². The smallest absolute Gasteiger partial charge is 0.150 e. The molecule has 1 N–H and O–H groups in total. The summed E-state index contributed by atoms with van der Waals surface area (Å²) in [5, 5.41) is 3.24. The first kappa shape index (κ1) is 13.8. The Labute approximate surface area is 115 Å². The van der Waals surface area contributed by atoms with E-state index in [1.54, 1.807) is 0 Å². The minimum absolute atomic E-state index is 0.255. The normalized spacial score (nSPS) is 28.2. The summed E-state index contributed by atoms with van der Waals surface area (Å²) in [5.41, 5.74) is 0.377. The summed E-state index contributed by atoms with van der Waals surface area (Å²) in [6.07, 6.45) is 3.42. The molecule has 0 aliphatic heterocycles. The van der Waals surface area contributed by atoms with E-state index in [9.17, 15) is 8.78 Å². The first-order chi connectivity index (χ1) is 8.49. The summed E-state index contributed by atoms with van der Waals surface area (Å²) in [6.45, 7) is 4.42. The number of rotatable bonds is 2. The topological polar surface area (TPSA) is 12.0 Å². The van der Waals surface area contributed by atoms with Crippen LogP contribution in [0.5, 0.6) is 0 Å². The van der Waals surface area contributed by atoms with Crippen molar-refractivity contribution in [3.63, 3.8) is 0 Å². The summed E-state index contributed by atoms with van der Waals surface area (Å²) < 4.78 is 27.2. The highest BCUT2D eigenvalue weighted by Crippen LogP contribution is 2.34. The van der Waals surface area contributed by atoms with Gasteiger partial charge in [-0.3, -0.25) is 0 Å². The first-order valence-corrected chi connectivity index (χ1v) is 7.19. The molecule has 0 spiro atoms. The molecule has 0 radical (unpaired) electrons. The van der Waals surface area contributed by atoms with E-state index in [-0.39, 0.29) is 6.04 Å². The molecule has 1 aromatic carbocycles. The van der Waals surface area contributed by atoms with Crippen molar-refractivity contribution in [2.24, 2.45) is 11.8 Å². The Kier molecular flexibility index (Phi) is 4.25. The molecule has 1 aromatic rings. The Balaban J connectivity index is 2.18. The average Bonchev–Trinajstić information content (AvgIpc) is 2.28. The molecule has 1 aliphatic carbocycles. The Morgan fingerprint density at radius 3 is 2.61 bits per heavy atom. The highest BCUT2D eigenvalue weighted by atomic mass is 79.9. The lowest BCUT2D eigenvalue weighted by atomic mass is 9.78. The first-order valence-electron chi connectivity index (χ1n) is 6.40. The van der Waals surface area contributed by atoms with Crippen LogP contribution >= 0.6 is 15.9 Å². The van der Waals surface area contributed by atoms with Crippen LogP contribution in [0.25, 0.3) is 0 Å². The van der Waals surface area contributed by atoms with Crippen LogP contribution in [-0.4, -0.2) is 6.04 Å². The van der Waals surface area contributed by atoms with Crippen LogP contribution in [0.3, 0.4) is 0 Å². The van der Waals surface area contributed by atoms with E-state index in [1.165, 1.54) is 12.5 Å². The standard InChI is InChI=1S/C14H18BrF2N/c1-8-4-3-5-13(9(8)2)18-14-11(15)6-10(16)7-12(14)17/h6-9,13,18H,3-5H2,1-2H3. The molecule has 3 atom stereocenters. The highest BCUT2D eigenvalue weighted by molar-refractivity contribution is 9.10. The molecule has 0 bridgehead atoms.